The van der Waals surface area contributed by atoms with Crippen molar-refractivity contribution in [2.24, 2.45) is 0 Å². The van der Waals surface area contributed by atoms with Crippen LogP contribution in [0, 0.1) is 0 Å². The SMILES string of the molecule is CC1=[C]([Hf+2]([C]2=C(C)C=CC2)[SiH]2CCC2)CC=C1.[Cl-].[Cl-]. The summed E-state index contributed by atoms with van der Waals surface area (Å²) in [5, 5.41) is 0. The Morgan fingerprint density at radius 1 is 0.895 bits per heavy atom. The van der Waals surface area contributed by atoms with Crippen LogP contribution in [-0.2, 0) is 20.6 Å². The van der Waals surface area contributed by atoms with Gasteiger partial charge >= 0.3 is 114 Å². The average molecular weight is 479 g/mol. The Bertz CT molecular complexity index is 423. The summed E-state index contributed by atoms with van der Waals surface area (Å²) in [6.07, 6.45) is 13.8. The van der Waals surface area contributed by atoms with Crippen molar-refractivity contribution in [1.82, 2.24) is 0 Å². The first-order valence-corrected chi connectivity index (χ1v) is 18.9. The Kier molecular flexibility index (Phi) is 7.06. The number of hydrogen-bond acceptors (Lipinski definition) is 0. The molecule has 0 nitrogen and oxygen atoms in total. The number of halogens is 2. The molecular formula is C15H21Cl2HfSi. The molecule has 0 aromatic carbocycles. The first kappa shape index (κ1) is 17.7. The summed E-state index contributed by atoms with van der Waals surface area (Å²) in [4.78, 5) is 0. The van der Waals surface area contributed by atoms with E-state index in [2.05, 4.69) is 38.2 Å². The third kappa shape index (κ3) is 3.45. The van der Waals surface area contributed by atoms with Crippen LogP contribution in [0.1, 0.15) is 33.1 Å². The maximum absolute atomic E-state index is 2.42. The predicted octanol–water partition coefficient (Wildman–Crippen LogP) is -1.79. The Balaban J connectivity index is 0.000000902. The summed E-state index contributed by atoms with van der Waals surface area (Å²) in [7, 11) is 0. The molecule has 3 aliphatic rings. The molecule has 0 spiro atoms. The number of rotatable bonds is 3. The van der Waals surface area contributed by atoms with Gasteiger partial charge in [-0.25, -0.2) is 0 Å². The van der Waals surface area contributed by atoms with Crippen LogP contribution in [0.2, 0.25) is 12.1 Å². The first-order chi connectivity index (χ1) is 8.27. The average Bonchev–Trinajstić information content (AvgIpc) is 2.81. The zero-order valence-corrected chi connectivity index (χ0v) is 17.9. The van der Waals surface area contributed by atoms with Crippen LogP contribution in [0.4, 0.5) is 0 Å². The Morgan fingerprint density at radius 3 is 1.63 bits per heavy atom. The van der Waals surface area contributed by atoms with Gasteiger partial charge in [0.05, 0.1) is 0 Å². The molecule has 0 radical (unpaired) electrons. The van der Waals surface area contributed by atoms with Crippen LogP contribution >= 0.6 is 0 Å². The third-order valence-electron chi connectivity index (χ3n) is 4.50. The van der Waals surface area contributed by atoms with E-state index in [0.29, 0.717) is 0 Å². The summed E-state index contributed by atoms with van der Waals surface area (Å²) < 4.78 is 3.98. The van der Waals surface area contributed by atoms with E-state index in [1.165, 1.54) is 12.8 Å². The second-order valence-corrected chi connectivity index (χ2v) is 29.0. The standard InChI is InChI=1S/2C6H7.C3H7Si.2ClH.Hf/c2*1-6-4-2-3-5-6;1-2-4-3-1;;;/h2*2,4H,3H2,1H3;4H,1-3H2;2*1H;/q;;;;;+2/p-2. The topological polar surface area (TPSA) is 0 Å². The quantitative estimate of drug-likeness (QED) is 0.421. The van der Waals surface area contributed by atoms with Crippen LogP contribution in [0.5, 0.6) is 0 Å². The molecule has 0 aromatic rings. The van der Waals surface area contributed by atoms with Gasteiger partial charge in [0.15, 0.2) is 0 Å². The van der Waals surface area contributed by atoms with Crippen molar-refractivity contribution < 1.29 is 45.4 Å². The molecule has 0 unspecified atom stereocenters. The van der Waals surface area contributed by atoms with Crippen LogP contribution in [0.3, 0.4) is 0 Å². The van der Waals surface area contributed by atoms with E-state index in [0.717, 1.165) is 0 Å². The fraction of sp³-hybridized carbons (Fsp3) is 0.467. The summed E-state index contributed by atoms with van der Waals surface area (Å²) >= 11 is -1.53. The van der Waals surface area contributed by atoms with E-state index < -0.39 is 20.6 Å². The molecule has 19 heavy (non-hydrogen) atoms. The molecule has 4 heteroatoms. The van der Waals surface area contributed by atoms with Crippen LogP contribution in [0.25, 0.3) is 0 Å². The zero-order chi connectivity index (χ0) is 11.8. The predicted molar refractivity (Wildman–Crippen MR) is 74.3 cm³/mol. The van der Waals surface area contributed by atoms with Gasteiger partial charge in [0, 0.05) is 0 Å². The van der Waals surface area contributed by atoms with Crippen LogP contribution in [0.15, 0.2) is 42.1 Å². The molecule has 103 valence electrons. The summed E-state index contributed by atoms with van der Waals surface area (Å²) in [6.45, 7) is 4.74. The van der Waals surface area contributed by atoms with Gasteiger partial charge in [-0.05, 0) is 0 Å². The number of allylic oxidation sites excluding steroid dienone is 8. The van der Waals surface area contributed by atoms with E-state index in [-0.39, 0.29) is 30.8 Å². The maximum Gasteiger partial charge on any atom is -1.00 e. The monoisotopic (exact) mass is 479 g/mol. The molecule has 1 saturated heterocycles. The van der Waals surface area contributed by atoms with Gasteiger partial charge in [-0.2, -0.15) is 0 Å². The smallest absolute Gasteiger partial charge is 1.00 e. The Labute approximate surface area is 138 Å². The van der Waals surface area contributed by atoms with Crippen molar-refractivity contribution in [3.05, 3.63) is 42.1 Å². The summed E-state index contributed by atoms with van der Waals surface area (Å²) in [6, 6.07) is 3.35. The van der Waals surface area contributed by atoms with Crippen molar-refractivity contribution in [3.63, 3.8) is 0 Å². The summed E-state index contributed by atoms with van der Waals surface area (Å²) in [5.74, 6) is -0.282. The zero-order valence-electron chi connectivity index (χ0n) is 11.7. The van der Waals surface area contributed by atoms with Gasteiger partial charge in [0.1, 0.15) is 0 Å². The van der Waals surface area contributed by atoms with Gasteiger partial charge in [0.2, 0.25) is 0 Å². The van der Waals surface area contributed by atoms with Crippen molar-refractivity contribution in [1.29, 1.82) is 0 Å². The van der Waals surface area contributed by atoms with Gasteiger partial charge < -0.3 is 24.8 Å². The molecule has 0 saturated carbocycles. The minimum Gasteiger partial charge on any atom is -1.00 e. The molecule has 3 rings (SSSR count). The molecule has 0 amide bonds. The van der Waals surface area contributed by atoms with Crippen LogP contribution in [-0.4, -0.2) is 5.98 Å². The van der Waals surface area contributed by atoms with E-state index in [1.807, 2.05) is 6.66 Å². The third-order valence-corrected chi connectivity index (χ3v) is 37.2. The van der Waals surface area contributed by atoms with Gasteiger partial charge in [-0.15, -0.1) is 0 Å². The van der Waals surface area contributed by atoms with Crippen molar-refractivity contribution in [2.75, 3.05) is 0 Å². The van der Waals surface area contributed by atoms with Gasteiger partial charge in [-0.1, -0.05) is 0 Å². The Morgan fingerprint density at radius 2 is 1.37 bits per heavy atom. The second-order valence-electron chi connectivity index (χ2n) is 5.58. The van der Waals surface area contributed by atoms with Gasteiger partial charge in [-0.3, -0.25) is 0 Å². The van der Waals surface area contributed by atoms with Crippen molar-refractivity contribution in [3.8, 4) is 0 Å². The maximum atomic E-state index is 2.42. The molecule has 2 aliphatic carbocycles. The second kappa shape index (κ2) is 7.58. The van der Waals surface area contributed by atoms with E-state index in [4.69, 9.17) is 0 Å². The van der Waals surface area contributed by atoms with Crippen molar-refractivity contribution in [2.45, 2.75) is 45.2 Å². The van der Waals surface area contributed by atoms with Gasteiger partial charge in [0.25, 0.3) is 0 Å². The minimum atomic E-state index is -1.53. The molecule has 1 fully saturated rings. The minimum absolute atomic E-state index is 0. The Hall–Kier alpha value is 0.627. The molecular weight excluding hydrogens is 458 g/mol. The van der Waals surface area contributed by atoms with Crippen LogP contribution < -0.4 is 24.8 Å². The number of hydrogen-bond donors (Lipinski definition) is 0. The molecule has 1 aliphatic heterocycles. The molecule has 0 N–H and O–H groups in total. The molecule has 0 bridgehead atoms. The molecule has 0 atom stereocenters. The summed E-state index contributed by atoms with van der Waals surface area (Å²) in [5.41, 5.74) is 3.33. The molecule has 1 heterocycles. The van der Waals surface area contributed by atoms with Crippen molar-refractivity contribution >= 4 is 5.98 Å². The normalized spacial score (nSPS) is 21.4. The largest absolute Gasteiger partial charge is 1.00 e. The first-order valence-electron chi connectivity index (χ1n) is 6.87. The fourth-order valence-electron chi connectivity index (χ4n) is 3.25. The van der Waals surface area contributed by atoms with E-state index >= 15 is 0 Å². The van der Waals surface area contributed by atoms with E-state index in [9.17, 15) is 0 Å². The molecule has 0 aromatic heterocycles. The fourth-order valence-corrected chi connectivity index (χ4v) is 39.9. The van der Waals surface area contributed by atoms with E-state index in [1.54, 1.807) is 29.7 Å².